The Morgan fingerprint density at radius 2 is 1.55 bits per heavy atom. The summed E-state index contributed by atoms with van der Waals surface area (Å²) >= 11 is 0. The van der Waals surface area contributed by atoms with Crippen molar-refractivity contribution in [3.05, 3.63) is 95.6 Å². The summed E-state index contributed by atoms with van der Waals surface area (Å²) in [6, 6.07) is 24.0. The summed E-state index contributed by atoms with van der Waals surface area (Å²) in [6.07, 6.45) is 0.541. The van der Waals surface area contributed by atoms with Crippen LogP contribution in [0.4, 0.5) is 0 Å². The molecule has 3 aromatic rings. The lowest BCUT2D eigenvalue weighted by Crippen LogP contribution is -2.34. The number of hydrogen-bond donors (Lipinski definition) is 1. The molecule has 2 unspecified atom stereocenters. The van der Waals surface area contributed by atoms with E-state index in [1.807, 2.05) is 78.9 Å². The van der Waals surface area contributed by atoms with Crippen LogP contribution in [0.15, 0.2) is 78.9 Å². The van der Waals surface area contributed by atoms with Gasteiger partial charge in [-0.15, -0.1) is 0 Å². The van der Waals surface area contributed by atoms with E-state index in [2.05, 4.69) is 5.32 Å². The molecule has 3 atom stereocenters. The molecule has 1 saturated heterocycles. The molecule has 7 heteroatoms. The first-order chi connectivity index (χ1) is 18.5. The molecular weight excluding hydrogens is 482 g/mol. The minimum absolute atomic E-state index is 0.0128. The molecule has 200 valence electrons. The highest BCUT2D eigenvalue weighted by Crippen LogP contribution is 2.38. The maximum Gasteiger partial charge on any atom is 0.324 e. The van der Waals surface area contributed by atoms with Gasteiger partial charge >= 0.3 is 5.97 Å². The third-order valence-corrected chi connectivity index (χ3v) is 6.82. The second-order valence-corrected chi connectivity index (χ2v) is 9.39. The fraction of sp³-hybridized carbons (Fsp3) is 0.355. The van der Waals surface area contributed by atoms with Crippen LogP contribution in [0.1, 0.15) is 48.6 Å². The topological polar surface area (TPSA) is 83.1 Å². The van der Waals surface area contributed by atoms with E-state index in [1.54, 1.807) is 21.1 Å². The third kappa shape index (κ3) is 6.60. The number of rotatable bonds is 12. The molecule has 4 rings (SSSR count). The van der Waals surface area contributed by atoms with E-state index in [0.29, 0.717) is 31.1 Å². The third-order valence-electron chi connectivity index (χ3n) is 6.82. The summed E-state index contributed by atoms with van der Waals surface area (Å²) in [5.74, 6) is 0.437. The van der Waals surface area contributed by atoms with Gasteiger partial charge in [0.25, 0.3) is 0 Å². The van der Waals surface area contributed by atoms with E-state index in [4.69, 9.17) is 18.9 Å². The van der Waals surface area contributed by atoms with Crippen molar-refractivity contribution in [2.24, 2.45) is 5.92 Å². The SMILES string of the molecule is COCCCOc1cc(C2NC(C(=O)OC(c3ccccc3)c3ccccc3)C[C@@H]2C(C)=O)ccc1OC. The van der Waals surface area contributed by atoms with Crippen LogP contribution in [0.25, 0.3) is 0 Å². The average molecular weight is 518 g/mol. The highest BCUT2D eigenvalue weighted by molar-refractivity contribution is 5.83. The molecule has 0 radical (unpaired) electrons. The summed E-state index contributed by atoms with van der Waals surface area (Å²) in [5.41, 5.74) is 2.62. The van der Waals surface area contributed by atoms with Crippen LogP contribution >= 0.6 is 0 Å². The molecule has 0 aromatic heterocycles. The number of carbonyl (C=O) groups excluding carboxylic acids is 2. The summed E-state index contributed by atoms with van der Waals surface area (Å²) in [7, 11) is 3.24. The fourth-order valence-corrected chi connectivity index (χ4v) is 4.85. The molecule has 38 heavy (non-hydrogen) atoms. The second-order valence-electron chi connectivity index (χ2n) is 9.39. The van der Waals surface area contributed by atoms with Crippen LogP contribution < -0.4 is 14.8 Å². The Bertz CT molecular complexity index is 1160. The van der Waals surface area contributed by atoms with E-state index < -0.39 is 12.1 Å². The van der Waals surface area contributed by atoms with Crippen molar-refractivity contribution < 1.29 is 28.5 Å². The van der Waals surface area contributed by atoms with E-state index in [9.17, 15) is 9.59 Å². The Morgan fingerprint density at radius 1 is 0.895 bits per heavy atom. The minimum Gasteiger partial charge on any atom is -0.493 e. The summed E-state index contributed by atoms with van der Waals surface area (Å²) in [4.78, 5) is 26.1. The van der Waals surface area contributed by atoms with Gasteiger partial charge < -0.3 is 18.9 Å². The van der Waals surface area contributed by atoms with Gasteiger partial charge in [-0.2, -0.15) is 0 Å². The average Bonchev–Trinajstić information content (AvgIpc) is 3.41. The largest absolute Gasteiger partial charge is 0.493 e. The van der Waals surface area contributed by atoms with Crippen molar-refractivity contribution in [1.82, 2.24) is 5.32 Å². The predicted molar refractivity (Wildman–Crippen MR) is 144 cm³/mol. The van der Waals surface area contributed by atoms with E-state index >= 15 is 0 Å². The standard InChI is InChI=1S/C31H35NO6/c1-21(33)25-20-26(31(34)38-30(22-11-6-4-7-12-22)23-13-8-5-9-14-23)32-29(25)24-15-16-27(36-3)28(19-24)37-18-10-17-35-2/h4-9,11-16,19,25-26,29-30,32H,10,17-18,20H2,1-3H3/t25-,26?,29?/m1/s1. The Labute approximate surface area is 224 Å². The Hall–Kier alpha value is -3.68. The number of Topliss-reactive ketones (excluding diaryl/α,β-unsaturated/α-hetero) is 1. The normalized spacial score (nSPS) is 18.8. The first-order valence-corrected chi connectivity index (χ1v) is 12.9. The number of methoxy groups -OCH3 is 2. The predicted octanol–water partition coefficient (Wildman–Crippen LogP) is 5.05. The zero-order valence-electron chi connectivity index (χ0n) is 22.1. The van der Waals surface area contributed by atoms with Crippen LogP contribution in [0, 0.1) is 5.92 Å². The minimum atomic E-state index is -0.628. The van der Waals surface area contributed by atoms with Gasteiger partial charge in [0.05, 0.1) is 13.7 Å². The van der Waals surface area contributed by atoms with Gasteiger partial charge in [0.2, 0.25) is 0 Å². The Balaban J connectivity index is 1.54. The Morgan fingerprint density at radius 3 is 2.13 bits per heavy atom. The zero-order chi connectivity index (χ0) is 26.9. The van der Waals surface area contributed by atoms with Crippen molar-refractivity contribution >= 4 is 11.8 Å². The van der Waals surface area contributed by atoms with Crippen molar-refractivity contribution in [2.75, 3.05) is 27.4 Å². The number of ether oxygens (including phenoxy) is 4. The number of benzene rings is 3. The van der Waals surface area contributed by atoms with Crippen molar-refractivity contribution in [3.8, 4) is 11.5 Å². The summed E-state index contributed by atoms with van der Waals surface area (Å²) in [5, 5.41) is 3.38. The molecule has 7 nitrogen and oxygen atoms in total. The van der Waals surface area contributed by atoms with Gasteiger partial charge in [-0.3, -0.25) is 14.9 Å². The molecule has 0 amide bonds. The number of esters is 1. The summed E-state index contributed by atoms with van der Waals surface area (Å²) in [6.45, 7) is 2.63. The maximum absolute atomic E-state index is 13.5. The lowest BCUT2D eigenvalue weighted by atomic mass is 9.90. The molecule has 0 saturated carbocycles. The summed E-state index contributed by atoms with van der Waals surface area (Å²) < 4.78 is 22.6. The van der Waals surface area contributed by atoms with Gasteiger partial charge in [-0.05, 0) is 42.2 Å². The molecule has 1 heterocycles. The lowest BCUT2D eigenvalue weighted by Gasteiger charge is -2.22. The fourth-order valence-electron chi connectivity index (χ4n) is 4.85. The van der Waals surface area contributed by atoms with E-state index in [-0.39, 0.29) is 23.7 Å². The monoisotopic (exact) mass is 517 g/mol. The lowest BCUT2D eigenvalue weighted by molar-refractivity contribution is -0.149. The van der Waals surface area contributed by atoms with Crippen LogP contribution in [-0.4, -0.2) is 45.2 Å². The molecule has 1 N–H and O–H groups in total. The van der Waals surface area contributed by atoms with Crippen LogP contribution in [0.3, 0.4) is 0 Å². The number of carbonyl (C=O) groups is 2. The molecule has 1 aliphatic heterocycles. The van der Waals surface area contributed by atoms with Gasteiger partial charge in [0.1, 0.15) is 11.8 Å². The van der Waals surface area contributed by atoms with Crippen molar-refractivity contribution in [2.45, 2.75) is 38.0 Å². The maximum atomic E-state index is 13.5. The zero-order valence-corrected chi connectivity index (χ0v) is 22.1. The van der Waals surface area contributed by atoms with Gasteiger partial charge in [0.15, 0.2) is 17.6 Å². The smallest absolute Gasteiger partial charge is 0.324 e. The highest BCUT2D eigenvalue weighted by atomic mass is 16.5. The first-order valence-electron chi connectivity index (χ1n) is 12.9. The van der Waals surface area contributed by atoms with Crippen LogP contribution in [-0.2, 0) is 19.1 Å². The van der Waals surface area contributed by atoms with Crippen LogP contribution in [0.5, 0.6) is 11.5 Å². The number of hydrogen-bond acceptors (Lipinski definition) is 7. The molecule has 3 aromatic carbocycles. The second kappa shape index (κ2) is 13.2. The van der Waals surface area contributed by atoms with Crippen LogP contribution in [0.2, 0.25) is 0 Å². The van der Waals surface area contributed by atoms with E-state index in [1.165, 1.54) is 0 Å². The number of nitrogens with one attached hydrogen (secondary N) is 1. The van der Waals surface area contributed by atoms with E-state index in [0.717, 1.165) is 23.1 Å². The van der Waals surface area contributed by atoms with Crippen molar-refractivity contribution in [3.63, 3.8) is 0 Å². The molecule has 0 aliphatic carbocycles. The first kappa shape index (κ1) is 27.4. The number of ketones is 1. The molecule has 0 spiro atoms. The molecule has 1 aliphatic rings. The molecular formula is C31H35NO6. The molecule has 1 fully saturated rings. The van der Waals surface area contributed by atoms with Gasteiger partial charge in [0, 0.05) is 32.1 Å². The van der Waals surface area contributed by atoms with Crippen molar-refractivity contribution in [1.29, 1.82) is 0 Å². The Kier molecular flexibility index (Phi) is 9.51. The van der Waals surface area contributed by atoms with Gasteiger partial charge in [-0.25, -0.2) is 0 Å². The van der Waals surface area contributed by atoms with Gasteiger partial charge in [-0.1, -0.05) is 66.7 Å². The molecule has 0 bridgehead atoms. The highest BCUT2D eigenvalue weighted by Gasteiger charge is 2.42. The quantitative estimate of drug-likeness (QED) is 0.266.